The van der Waals surface area contributed by atoms with E-state index in [9.17, 15) is 9.59 Å². The lowest BCUT2D eigenvalue weighted by Gasteiger charge is -2.39. The lowest BCUT2D eigenvalue weighted by Crippen LogP contribution is -2.53. The van der Waals surface area contributed by atoms with E-state index in [1.807, 2.05) is 4.90 Å². The number of rotatable bonds is 4. The second kappa shape index (κ2) is 10.3. The molecule has 2 aliphatic rings. The Kier molecular flexibility index (Phi) is 7.17. The van der Waals surface area contributed by atoms with E-state index < -0.39 is 0 Å². The molecule has 0 radical (unpaired) electrons. The number of hydrogen-bond acceptors (Lipinski definition) is 4. The van der Waals surface area contributed by atoms with E-state index in [4.69, 9.17) is 23.2 Å². The van der Waals surface area contributed by atoms with Crippen LogP contribution in [-0.2, 0) is 11.2 Å². The number of nitrogens with zero attached hydrogens (tertiary/aromatic N) is 3. The molecule has 0 unspecified atom stereocenters. The average Bonchev–Trinajstić information content (AvgIpc) is 3.35. The van der Waals surface area contributed by atoms with Crippen LogP contribution in [0.2, 0.25) is 10.0 Å². The Labute approximate surface area is 219 Å². The molecule has 5 rings (SSSR count). The molecule has 0 aliphatic carbocycles. The van der Waals surface area contributed by atoms with Gasteiger partial charge in [-0.2, -0.15) is 0 Å². The Hall–Kier alpha value is -2.38. The van der Waals surface area contributed by atoms with Crippen LogP contribution in [0.4, 0.5) is 0 Å². The number of carbonyl (C=O) groups is 2. The number of halogens is 2. The second-order valence-electron chi connectivity index (χ2n) is 9.08. The summed E-state index contributed by atoms with van der Waals surface area (Å²) in [7, 11) is 0. The van der Waals surface area contributed by atoms with Crippen molar-refractivity contribution in [2.45, 2.75) is 19.4 Å². The molecular formula is C27H27Cl2N3O2S. The first-order valence-corrected chi connectivity index (χ1v) is 13.4. The minimum absolute atomic E-state index is 0.0868. The van der Waals surface area contributed by atoms with Gasteiger partial charge in [-0.1, -0.05) is 47.5 Å². The van der Waals surface area contributed by atoms with E-state index >= 15 is 0 Å². The van der Waals surface area contributed by atoms with Crippen LogP contribution in [0.1, 0.15) is 38.0 Å². The zero-order chi connectivity index (χ0) is 24.5. The number of piperazine rings is 1. The molecule has 1 atom stereocenters. The zero-order valence-electron chi connectivity index (χ0n) is 19.5. The van der Waals surface area contributed by atoms with Crippen molar-refractivity contribution in [1.82, 2.24) is 14.7 Å². The molecule has 2 amide bonds. The third kappa shape index (κ3) is 4.98. The highest BCUT2D eigenvalue weighted by atomic mass is 35.5. The summed E-state index contributed by atoms with van der Waals surface area (Å²) in [5.41, 5.74) is 4.33. The van der Waals surface area contributed by atoms with E-state index in [2.05, 4.69) is 47.5 Å². The zero-order valence-corrected chi connectivity index (χ0v) is 21.9. The maximum absolute atomic E-state index is 13.4. The van der Waals surface area contributed by atoms with Gasteiger partial charge in [0, 0.05) is 43.2 Å². The van der Waals surface area contributed by atoms with Gasteiger partial charge in [0.1, 0.15) is 0 Å². The molecule has 2 aromatic carbocycles. The van der Waals surface area contributed by atoms with Crippen LogP contribution in [0.15, 0.2) is 53.9 Å². The molecule has 0 N–H and O–H groups in total. The standard InChI is InChI=1S/C27H27Cl2N3O2S/c1-18-4-2-3-5-20(18)26-21-9-15-35-24(21)8-10-32(26)17-25(33)30-11-13-31(14-12-30)27(34)19-6-7-22(28)23(29)16-19/h2-7,9,15-16,26H,8,10-14,17H2,1H3/t26-/m1/s1. The lowest BCUT2D eigenvalue weighted by atomic mass is 9.90. The summed E-state index contributed by atoms with van der Waals surface area (Å²) < 4.78 is 0. The predicted octanol–water partition coefficient (Wildman–Crippen LogP) is 5.30. The molecule has 35 heavy (non-hydrogen) atoms. The van der Waals surface area contributed by atoms with Gasteiger partial charge >= 0.3 is 0 Å². The molecule has 8 heteroatoms. The van der Waals surface area contributed by atoms with Crippen LogP contribution in [0.5, 0.6) is 0 Å². The van der Waals surface area contributed by atoms with Crippen molar-refractivity contribution in [3.05, 3.63) is 91.1 Å². The maximum Gasteiger partial charge on any atom is 0.254 e. The number of amides is 2. The molecule has 0 bridgehead atoms. The van der Waals surface area contributed by atoms with Crippen molar-refractivity contribution in [1.29, 1.82) is 0 Å². The van der Waals surface area contributed by atoms with Crippen molar-refractivity contribution in [3.8, 4) is 0 Å². The van der Waals surface area contributed by atoms with Crippen LogP contribution in [0.25, 0.3) is 0 Å². The Balaban J connectivity index is 1.25. The van der Waals surface area contributed by atoms with E-state index in [0.29, 0.717) is 48.3 Å². The molecule has 0 spiro atoms. The summed E-state index contributed by atoms with van der Waals surface area (Å²) in [6, 6.07) is 15.7. The first-order valence-electron chi connectivity index (χ1n) is 11.8. The first kappa shape index (κ1) is 24.3. The van der Waals surface area contributed by atoms with Gasteiger partial charge in [-0.25, -0.2) is 0 Å². The summed E-state index contributed by atoms with van der Waals surface area (Å²) in [4.78, 5) is 33.6. The fourth-order valence-electron chi connectivity index (χ4n) is 5.04. The number of hydrogen-bond donors (Lipinski definition) is 0. The van der Waals surface area contributed by atoms with Crippen molar-refractivity contribution in [2.75, 3.05) is 39.3 Å². The molecule has 3 aromatic rings. The average molecular weight is 529 g/mol. The van der Waals surface area contributed by atoms with Gasteiger partial charge in [0.25, 0.3) is 5.91 Å². The van der Waals surface area contributed by atoms with E-state index in [1.54, 1.807) is 34.4 Å². The molecule has 0 saturated carbocycles. The van der Waals surface area contributed by atoms with Gasteiger partial charge in [-0.3, -0.25) is 14.5 Å². The number of benzene rings is 2. The van der Waals surface area contributed by atoms with E-state index in [1.165, 1.54) is 21.6 Å². The van der Waals surface area contributed by atoms with Gasteiger partial charge in [-0.15, -0.1) is 11.3 Å². The van der Waals surface area contributed by atoms with Crippen LogP contribution in [0.3, 0.4) is 0 Å². The summed E-state index contributed by atoms with van der Waals surface area (Å²) in [6.07, 6.45) is 0.967. The Bertz CT molecular complexity index is 1250. The van der Waals surface area contributed by atoms with Crippen molar-refractivity contribution in [2.24, 2.45) is 0 Å². The summed E-state index contributed by atoms with van der Waals surface area (Å²) >= 11 is 13.9. The number of thiophene rings is 1. The highest BCUT2D eigenvalue weighted by molar-refractivity contribution is 7.10. The quantitative estimate of drug-likeness (QED) is 0.462. The van der Waals surface area contributed by atoms with Crippen LogP contribution in [0, 0.1) is 6.92 Å². The normalized spacial score (nSPS) is 18.4. The van der Waals surface area contributed by atoms with Crippen molar-refractivity contribution >= 4 is 46.4 Å². The molecule has 1 aromatic heterocycles. The minimum Gasteiger partial charge on any atom is -0.338 e. The number of fused-ring (bicyclic) bond motifs is 1. The van der Waals surface area contributed by atoms with Crippen molar-refractivity contribution in [3.63, 3.8) is 0 Å². The fraction of sp³-hybridized carbons (Fsp3) is 0.333. The fourth-order valence-corrected chi connectivity index (χ4v) is 6.24. The Morgan fingerprint density at radius 2 is 1.66 bits per heavy atom. The van der Waals surface area contributed by atoms with Gasteiger partial charge in [0.2, 0.25) is 5.91 Å². The smallest absolute Gasteiger partial charge is 0.254 e. The molecule has 5 nitrogen and oxygen atoms in total. The second-order valence-corrected chi connectivity index (χ2v) is 10.9. The van der Waals surface area contributed by atoms with Gasteiger partial charge in [-0.05, 0) is 59.7 Å². The van der Waals surface area contributed by atoms with E-state index in [-0.39, 0.29) is 17.9 Å². The van der Waals surface area contributed by atoms with Gasteiger partial charge < -0.3 is 9.80 Å². The van der Waals surface area contributed by atoms with Crippen LogP contribution >= 0.6 is 34.5 Å². The molecular weight excluding hydrogens is 501 g/mol. The number of carbonyl (C=O) groups excluding carboxylic acids is 2. The monoisotopic (exact) mass is 527 g/mol. The third-order valence-corrected chi connectivity index (χ3v) is 8.71. The molecule has 2 aliphatic heterocycles. The Morgan fingerprint density at radius 1 is 0.914 bits per heavy atom. The Morgan fingerprint density at radius 3 is 2.40 bits per heavy atom. The maximum atomic E-state index is 13.4. The summed E-state index contributed by atoms with van der Waals surface area (Å²) in [5.74, 6) is 0.0280. The molecule has 182 valence electrons. The van der Waals surface area contributed by atoms with Crippen LogP contribution in [-0.4, -0.2) is 65.8 Å². The summed E-state index contributed by atoms with van der Waals surface area (Å²) in [6.45, 7) is 5.42. The van der Waals surface area contributed by atoms with E-state index in [0.717, 1.165) is 13.0 Å². The topological polar surface area (TPSA) is 43.9 Å². The molecule has 1 saturated heterocycles. The largest absolute Gasteiger partial charge is 0.338 e. The highest BCUT2D eigenvalue weighted by Gasteiger charge is 2.33. The molecule has 1 fully saturated rings. The predicted molar refractivity (Wildman–Crippen MR) is 142 cm³/mol. The number of aryl methyl sites for hydroxylation is 1. The third-order valence-electron chi connectivity index (χ3n) is 6.97. The summed E-state index contributed by atoms with van der Waals surface area (Å²) in [5, 5.41) is 2.95. The van der Waals surface area contributed by atoms with Crippen LogP contribution < -0.4 is 0 Å². The van der Waals surface area contributed by atoms with Crippen molar-refractivity contribution < 1.29 is 9.59 Å². The first-order chi connectivity index (χ1) is 16.9. The highest BCUT2D eigenvalue weighted by Crippen LogP contribution is 2.38. The SMILES string of the molecule is Cc1ccccc1[C@@H]1c2ccsc2CCN1CC(=O)N1CCN(C(=O)c2ccc(Cl)c(Cl)c2)CC1. The molecule has 3 heterocycles. The minimum atomic E-state index is -0.0868. The lowest BCUT2D eigenvalue weighted by molar-refractivity contribution is -0.134. The van der Waals surface area contributed by atoms with Gasteiger partial charge in [0.15, 0.2) is 0 Å². The van der Waals surface area contributed by atoms with Gasteiger partial charge in [0.05, 0.1) is 22.6 Å².